The third-order valence-corrected chi connectivity index (χ3v) is 6.96. The minimum atomic E-state index is 0.216. The Kier molecular flexibility index (Phi) is 5.62. The highest BCUT2D eigenvalue weighted by Gasteiger charge is 2.35. The highest BCUT2D eigenvalue weighted by molar-refractivity contribution is 7.15. The van der Waals surface area contributed by atoms with Crippen molar-refractivity contribution in [3.63, 3.8) is 0 Å². The van der Waals surface area contributed by atoms with Crippen LogP contribution in [0.15, 0.2) is 42.5 Å². The molecule has 0 spiro atoms. The first kappa shape index (κ1) is 18.7. The number of piperidine rings is 1. The molecule has 3 fully saturated rings. The number of fused-ring (bicyclic) bond motifs is 4. The summed E-state index contributed by atoms with van der Waals surface area (Å²) in [6.07, 6.45) is 2.56. The van der Waals surface area contributed by atoms with Gasteiger partial charge in [-0.1, -0.05) is 30.3 Å². The van der Waals surface area contributed by atoms with E-state index in [1.54, 1.807) is 4.90 Å². The molecule has 0 radical (unpaired) electrons. The van der Waals surface area contributed by atoms with Gasteiger partial charge < -0.3 is 4.90 Å². The van der Waals surface area contributed by atoms with E-state index in [-0.39, 0.29) is 5.91 Å². The molecule has 4 heterocycles. The van der Waals surface area contributed by atoms with Gasteiger partial charge in [0.2, 0.25) is 5.91 Å². The number of hydrogen-bond donors (Lipinski definition) is 0. The van der Waals surface area contributed by atoms with Gasteiger partial charge in [-0.05, 0) is 36.5 Å². The Hall–Kier alpha value is -1.69. The van der Waals surface area contributed by atoms with Crippen molar-refractivity contribution >= 4 is 17.2 Å². The third kappa shape index (κ3) is 4.42. The molecule has 2 atom stereocenters. The summed E-state index contributed by atoms with van der Waals surface area (Å²) in [6.45, 7) is 4.84. The zero-order valence-electron chi connectivity index (χ0n) is 16.3. The second-order valence-corrected chi connectivity index (χ2v) is 9.31. The number of benzene rings is 1. The Morgan fingerprint density at radius 2 is 1.89 bits per heavy atom. The molecule has 0 aliphatic carbocycles. The van der Waals surface area contributed by atoms with Gasteiger partial charge in [-0.2, -0.15) is 0 Å². The minimum Gasteiger partial charge on any atom is -0.348 e. The number of carbonyl (C=O) groups excluding carboxylic acids is 1. The number of nitrogens with zero attached hydrogens (tertiary/aromatic N) is 3. The maximum atomic E-state index is 12.1. The van der Waals surface area contributed by atoms with Crippen molar-refractivity contribution in [2.45, 2.75) is 25.4 Å². The standard InChI is InChI=1S/C22H29N3OS/c1-23(2)22(26)16-24-12-17-8-9-19(14-24)25(13-17)15-20-10-11-21(27-20)18-6-4-3-5-7-18/h3-7,10-11,17,19H,8-9,12-16H2,1-2H3/t17-,19+/m0/s1. The number of likely N-dealkylation sites (N-methyl/N-ethyl adjacent to an activating group) is 1. The molecule has 3 aliphatic heterocycles. The highest BCUT2D eigenvalue weighted by Crippen LogP contribution is 2.33. The van der Waals surface area contributed by atoms with Crippen LogP contribution in [0.2, 0.25) is 0 Å². The fourth-order valence-electron chi connectivity index (χ4n) is 4.35. The number of carbonyl (C=O) groups is 1. The number of rotatable bonds is 5. The summed E-state index contributed by atoms with van der Waals surface area (Å²) in [7, 11) is 3.70. The second-order valence-electron chi connectivity index (χ2n) is 8.14. The molecule has 2 aromatic rings. The summed E-state index contributed by atoms with van der Waals surface area (Å²) in [5, 5.41) is 0. The van der Waals surface area contributed by atoms with Crippen LogP contribution in [-0.2, 0) is 11.3 Å². The lowest BCUT2D eigenvalue weighted by atomic mass is 9.95. The van der Waals surface area contributed by atoms with E-state index in [0.29, 0.717) is 18.5 Å². The van der Waals surface area contributed by atoms with Gasteiger partial charge in [-0.15, -0.1) is 11.3 Å². The molecule has 5 rings (SSSR count). The molecule has 5 heteroatoms. The van der Waals surface area contributed by atoms with Crippen LogP contribution < -0.4 is 0 Å². The highest BCUT2D eigenvalue weighted by atomic mass is 32.1. The molecule has 144 valence electrons. The van der Waals surface area contributed by atoms with E-state index in [9.17, 15) is 4.79 Å². The van der Waals surface area contributed by atoms with E-state index < -0.39 is 0 Å². The maximum Gasteiger partial charge on any atom is 0.236 e. The Balaban J connectivity index is 1.42. The first-order chi connectivity index (χ1) is 13.1. The predicted octanol–water partition coefficient (Wildman–Crippen LogP) is 3.40. The summed E-state index contributed by atoms with van der Waals surface area (Å²) in [6, 6.07) is 15.8. The van der Waals surface area contributed by atoms with Crippen molar-refractivity contribution < 1.29 is 4.79 Å². The second kappa shape index (κ2) is 8.13. The molecule has 1 aromatic carbocycles. The van der Waals surface area contributed by atoms with Gasteiger partial charge in [0.1, 0.15) is 0 Å². The Bertz CT molecular complexity index is 773. The average molecular weight is 384 g/mol. The van der Waals surface area contributed by atoms with Crippen molar-refractivity contribution in [2.24, 2.45) is 5.92 Å². The van der Waals surface area contributed by atoms with Gasteiger partial charge in [0.25, 0.3) is 0 Å². The van der Waals surface area contributed by atoms with Crippen molar-refractivity contribution in [1.29, 1.82) is 0 Å². The largest absolute Gasteiger partial charge is 0.348 e. The zero-order chi connectivity index (χ0) is 18.8. The molecule has 0 unspecified atom stereocenters. The van der Waals surface area contributed by atoms with E-state index in [1.165, 1.54) is 28.2 Å². The Morgan fingerprint density at radius 1 is 1.07 bits per heavy atom. The monoisotopic (exact) mass is 383 g/mol. The lowest BCUT2D eigenvalue weighted by Crippen LogP contribution is -2.44. The molecule has 3 saturated heterocycles. The smallest absolute Gasteiger partial charge is 0.236 e. The summed E-state index contributed by atoms with van der Waals surface area (Å²) < 4.78 is 0. The molecule has 4 nitrogen and oxygen atoms in total. The van der Waals surface area contributed by atoms with Crippen LogP contribution in [-0.4, -0.2) is 66.9 Å². The molecule has 0 N–H and O–H groups in total. The van der Waals surface area contributed by atoms with E-state index >= 15 is 0 Å². The topological polar surface area (TPSA) is 26.8 Å². The fourth-order valence-corrected chi connectivity index (χ4v) is 5.39. The van der Waals surface area contributed by atoms with Gasteiger partial charge in [0.15, 0.2) is 0 Å². The van der Waals surface area contributed by atoms with Crippen molar-refractivity contribution in [3.05, 3.63) is 47.3 Å². The molecular formula is C22H29N3OS. The van der Waals surface area contributed by atoms with Crippen LogP contribution in [0.4, 0.5) is 0 Å². The fraction of sp³-hybridized carbons (Fsp3) is 0.500. The van der Waals surface area contributed by atoms with Crippen LogP contribution >= 0.6 is 11.3 Å². The van der Waals surface area contributed by atoms with Crippen LogP contribution in [0.1, 0.15) is 17.7 Å². The van der Waals surface area contributed by atoms with Crippen LogP contribution in [0.5, 0.6) is 0 Å². The molecule has 3 aliphatic rings. The summed E-state index contributed by atoms with van der Waals surface area (Å²) in [4.78, 5) is 21.7. The Labute approximate surface area is 166 Å². The van der Waals surface area contributed by atoms with Gasteiger partial charge in [0, 0.05) is 56.1 Å². The number of thiophene rings is 1. The average Bonchev–Trinajstić information content (AvgIpc) is 2.96. The van der Waals surface area contributed by atoms with E-state index in [1.807, 2.05) is 25.4 Å². The quantitative estimate of drug-likeness (QED) is 0.792. The number of amides is 1. The first-order valence-corrected chi connectivity index (χ1v) is 10.7. The van der Waals surface area contributed by atoms with E-state index in [0.717, 1.165) is 26.2 Å². The van der Waals surface area contributed by atoms with E-state index in [2.05, 4.69) is 52.3 Å². The van der Waals surface area contributed by atoms with Crippen LogP contribution in [0, 0.1) is 5.92 Å². The predicted molar refractivity (Wildman–Crippen MR) is 112 cm³/mol. The van der Waals surface area contributed by atoms with Crippen molar-refractivity contribution in [3.8, 4) is 10.4 Å². The lowest BCUT2D eigenvalue weighted by molar-refractivity contribution is -0.130. The molecule has 0 saturated carbocycles. The molecule has 1 aromatic heterocycles. The minimum absolute atomic E-state index is 0.216. The molecule has 1 amide bonds. The van der Waals surface area contributed by atoms with Gasteiger partial charge in [0.05, 0.1) is 6.54 Å². The van der Waals surface area contributed by atoms with Gasteiger partial charge >= 0.3 is 0 Å². The number of hydrogen-bond acceptors (Lipinski definition) is 4. The van der Waals surface area contributed by atoms with Crippen LogP contribution in [0.25, 0.3) is 10.4 Å². The first-order valence-electron chi connectivity index (χ1n) is 9.89. The SMILES string of the molecule is CN(C)C(=O)CN1C[C@@H]2CC[C@H](C1)N(Cc1ccc(-c3ccccc3)s1)C2. The van der Waals surface area contributed by atoms with Gasteiger partial charge in [-0.3, -0.25) is 14.6 Å². The Morgan fingerprint density at radius 3 is 2.67 bits per heavy atom. The molecular weight excluding hydrogens is 354 g/mol. The van der Waals surface area contributed by atoms with Gasteiger partial charge in [-0.25, -0.2) is 0 Å². The molecule has 27 heavy (non-hydrogen) atoms. The normalized spacial score (nSPS) is 23.3. The third-order valence-electron chi connectivity index (χ3n) is 5.84. The summed E-state index contributed by atoms with van der Waals surface area (Å²) in [5.74, 6) is 0.904. The van der Waals surface area contributed by atoms with E-state index in [4.69, 9.17) is 0 Å². The summed E-state index contributed by atoms with van der Waals surface area (Å²) >= 11 is 1.91. The maximum absolute atomic E-state index is 12.1. The zero-order valence-corrected chi connectivity index (χ0v) is 17.1. The van der Waals surface area contributed by atoms with Crippen molar-refractivity contribution in [2.75, 3.05) is 40.3 Å². The van der Waals surface area contributed by atoms with Crippen LogP contribution in [0.3, 0.4) is 0 Å². The summed E-state index contributed by atoms with van der Waals surface area (Å²) in [5.41, 5.74) is 1.31. The molecule has 2 bridgehead atoms. The lowest BCUT2D eigenvalue weighted by Gasteiger charge is -2.35. The van der Waals surface area contributed by atoms with Crippen molar-refractivity contribution in [1.82, 2.24) is 14.7 Å².